The second-order valence-corrected chi connectivity index (χ2v) is 3.03. The summed E-state index contributed by atoms with van der Waals surface area (Å²) in [4.78, 5) is 24.0. The molecule has 0 aromatic carbocycles. The monoisotopic (exact) mass is 214 g/mol. The Labute approximate surface area is 81.9 Å². The van der Waals surface area contributed by atoms with Crippen molar-refractivity contribution in [3.05, 3.63) is 26.4 Å². The highest BCUT2D eigenvalue weighted by molar-refractivity contribution is 7.78. The Balaban J connectivity index is 2.98. The van der Waals surface area contributed by atoms with Gasteiger partial charge in [-0.05, 0) is 12.2 Å². The Morgan fingerprint density at radius 2 is 2.46 bits per heavy atom. The first-order valence-electron chi connectivity index (χ1n) is 3.00. The first-order valence-corrected chi connectivity index (χ1v) is 4.29. The van der Waals surface area contributed by atoms with Crippen molar-refractivity contribution in [1.82, 2.24) is 0 Å². The summed E-state index contributed by atoms with van der Waals surface area (Å²) in [5.41, 5.74) is -0.118. The van der Waals surface area contributed by atoms with Crippen molar-refractivity contribution in [3.63, 3.8) is 0 Å². The number of isothiocyanates is 1. The van der Waals surface area contributed by atoms with Crippen LogP contribution in [0.3, 0.4) is 0 Å². The Morgan fingerprint density at radius 3 is 2.92 bits per heavy atom. The summed E-state index contributed by atoms with van der Waals surface area (Å²) in [6.45, 7) is 0. The quantitative estimate of drug-likeness (QED) is 0.326. The van der Waals surface area contributed by atoms with E-state index in [-0.39, 0.29) is 10.6 Å². The minimum atomic E-state index is -0.604. The SMILES string of the molecule is O=C(N=C=S)c1cc([N+](=O)[O-])cs1. The summed E-state index contributed by atoms with van der Waals surface area (Å²) in [5.74, 6) is -0.604. The average molecular weight is 214 g/mol. The molecular formula is C6H2N2O3S2. The third-order valence-electron chi connectivity index (χ3n) is 1.15. The van der Waals surface area contributed by atoms with Crippen LogP contribution in [0.5, 0.6) is 0 Å². The zero-order valence-electron chi connectivity index (χ0n) is 6.09. The fourth-order valence-electron chi connectivity index (χ4n) is 0.631. The van der Waals surface area contributed by atoms with Gasteiger partial charge >= 0.3 is 0 Å². The van der Waals surface area contributed by atoms with E-state index in [1.807, 2.05) is 5.16 Å². The number of aliphatic imine (C=N–C) groups is 1. The van der Waals surface area contributed by atoms with Gasteiger partial charge in [0.25, 0.3) is 11.6 Å². The van der Waals surface area contributed by atoms with E-state index in [1.165, 1.54) is 5.38 Å². The lowest BCUT2D eigenvalue weighted by molar-refractivity contribution is -0.384. The van der Waals surface area contributed by atoms with Gasteiger partial charge in [0.15, 0.2) is 0 Å². The molecule has 0 saturated heterocycles. The van der Waals surface area contributed by atoms with Gasteiger partial charge in [0, 0.05) is 6.07 Å². The molecule has 5 nitrogen and oxygen atoms in total. The molecule has 1 rings (SSSR count). The van der Waals surface area contributed by atoms with E-state index in [1.54, 1.807) is 0 Å². The number of amides is 1. The van der Waals surface area contributed by atoms with Gasteiger partial charge in [-0.2, -0.15) is 4.99 Å². The van der Waals surface area contributed by atoms with Gasteiger partial charge in [0.05, 0.1) is 15.5 Å². The number of rotatable bonds is 2. The highest BCUT2D eigenvalue weighted by Crippen LogP contribution is 2.21. The number of hydrogen-bond acceptors (Lipinski definition) is 5. The molecule has 0 N–H and O–H groups in total. The Hall–Kier alpha value is -1.43. The van der Waals surface area contributed by atoms with Crippen LogP contribution in [0.2, 0.25) is 0 Å². The Morgan fingerprint density at radius 1 is 1.77 bits per heavy atom. The lowest BCUT2D eigenvalue weighted by Crippen LogP contribution is -1.89. The molecule has 0 saturated carbocycles. The van der Waals surface area contributed by atoms with Gasteiger partial charge < -0.3 is 0 Å². The third-order valence-corrected chi connectivity index (χ3v) is 2.15. The van der Waals surface area contributed by atoms with Crippen molar-refractivity contribution in [2.24, 2.45) is 4.99 Å². The molecule has 0 aliphatic carbocycles. The van der Waals surface area contributed by atoms with Gasteiger partial charge in [-0.25, -0.2) is 0 Å². The lowest BCUT2D eigenvalue weighted by atomic mass is 10.4. The molecule has 66 valence electrons. The maximum Gasteiger partial charge on any atom is 0.296 e. The van der Waals surface area contributed by atoms with Gasteiger partial charge in [0.2, 0.25) is 0 Å². The number of carbonyl (C=O) groups is 1. The van der Waals surface area contributed by atoms with E-state index >= 15 is 0 Å². The van der Waals surface area contributed by atoms with E-state index in [0.29, 0.717) is 0 Å². The number of nitrogens with zero attached hydrogens (tertiary/aromatic N) is 2. The molecule has 0 aliphatic rings. The first-order chi connectivity index (χ1) is 6.15. The Kier molecular flexibility index (Phi) is 2.97. The normalized spacial score (nSPS) is 8.92. The van der Waals surface area contributed by atoms with Crippen LogP contribution in [0.4, 0.5) is 5.69 Å². The summed E-state index contributed by atoms with van der Waals surface area (Å²) in [5, 5.41) is 13.4. The predicted molar refractivity (Wildman–Crippen MR) is 50.3 cm³/mol. The molecule has 1 aromatic heterocycles. The zero-order chi connectivity index (χ0) is 9.84. The van der Waals surface area contributed by atoms with Crippen molar-refractivity contribution in [3.8, 4) is 0 Å². The van der Waals surface area contributed by atoms with Crippen LogP contribution >= 0.6 is 23.6 Å². The summed E-state index contributed by atoms with van der Waals surface area (Å²) >= 11 is 5.17. The molecule has 13 heavy (non-hydrogen) atoms. The van der Waals surface area contributed by atoms with E-state index in [9.17, 15) is 14.9 Å². The van der Waals surface area contributed by atoms with E-state index in [4.69, 9.17) is 0 Å². The van der Waals surface area contributed by atoms with Gasteiger partial charge in [-0.1, -0.05) is 0 Å². The fraction of sp³-hybridized carbons (Fsp3) is 0. The highest BCUT2D eigenvalue weighted by Gasteiger charge is 2.13. The van der Waals surface area contributed by atoms with Crippen LogP contribution in [0, 0.1) is 10.1 Å². The zero-order valence-corrected chi connectivity index (χ0v) is 7.72. The fourth-order valence-corrected chi connectivity index (χ4v) is 1.45. The van der Waals surface area contributed by atoms with Crippen molar-refractivity contribution in [2.75, 3.05) is 0 Å². The van der Waals surface area contributed by atoms with E-state index < -0.39 is 10.8 Å². The maximum absolute atomic E-state index is 11.0. The molecular weight excluding hydrogens is 212 g/mol. The average Bonchev–Trinajstić information content (AvgIpc) is 2.52. The molecule has 0 aliphatic heterocycles. The highest BCUT2D eigenvalue weighted by atomic mass is 32.1. The predicted octanol–water partition coefficient (Wildman–Crippen LogP) is 1.90. The minimum Gasteiger partial charge on any atom is -0.265 e. The summed E-state index contributed by atoms with van der Waals surface area (Å²) < 4.78 is 0. The Bertz CT molecular complexity index is 406. The molecule has 0 bridgehead atoms. The van der Waals surface area contributed by atoms with Gasteiger partial charge in [-0.3, -0.25) is 14.9 Å². The number of nitro groups is 1. The van der Waals surface area contributed by atoms with Crippen LogP contribution in [0.15, 0.2) is 16.4 Å². The number of carbonyl (C=O) groups excluding carboxylic acids is 1. The van der Waals surface area contributed by atoms with E-state index in [0.717, 1.165) is 17.4 Å². The van der Waals surface area contributed by atoms with Crippen LogP contribution in [-0.2, 0) is 0 Å². The third kappa shape index (κ3) is 2.25. The number of thiocarbonyl (C=S) groups is 1. The standard InChI is InChI=1S/C6H2N2O3S2/c9-6(7-3-12)5-1-4(2-13-5)8(10)11/h1-2H. The number of thiophene rings is 1. The molecule has 7 heteroatoms. The minimum absolute atomic E-state index is 0.118. The molecule has 0 atom stereocenters. The van der Waals surface area contributed by atoms with Crippen LogP contribution < -0.4 is 0 Å². The van der Waals surface area contributed by atoms with Crippen LogP contribution in [0.1, 0.15) is 9.67 Å². The molecule has 1 aromatic rings. The summed E-state index contributed by atoms with van der Waals surface area (Å²) in [6, 6.07) is 1.16. The molecule has 0 radical (unpaired) electrons. The molecule has 0 spiro atoms. The second-order valence-electron chi connectivity index (χ2n) is 1.93. The second kappa shape index (κ2) is 3.99. The van der Waals surface area contributed by atoms with Crippen LogP contribution in [0.25, 0.3) is 0 Å². The van der Waals surface area contributed by atoms with Crippen molar-refractivity contribution in [2.45, 2.75) is 0 Å². The molecule has 1 heterocycles. The largest absolute Gasteiger partial charge is 0.296 e. The topological polar surface area (TPSA) is 72.6 Å². The molecule has 1 amide bonds. The van der Waals surface area contributed by atoms with E-state index in [2.05, 4.69) is 17.2 Å². The molecule has 0 fully saturated rings. The number of hydrogen-bond donors (Lipinski definition) is 0. The summed E-state index contributed by atoms with van der Waals surface area (Å²) in [7, 11) is 0. The van der Waals surface area contributed by atoms with Gasteiger partial charge in [0.1, 0.15) is 4.88 Å². The van der Waals surface area contributed by atoms with Crippen molar-refractivity contribution < 1.29 is 9.72 Å². The van der Waals surface area contributed by atoms with Crippen molar-refractivity contribution in [1.29, 1.82) is 0 Å². The maximum atomic E-state index is 11.0. The first kappa shape index (κ1) is 9.66. The van der Waals surface area contributed by atoms with Crippen molar-refractivity contribution >= 4 is 40.3 Å². The van der Waals surface area contributed by atoms with Gasteiger partial charge in [-0.15, -0.1) is 11.3 Å². The van der Waals surface area contributed by atoms with Crippen LogP contribution in [-0.4, -0.2) is 16.0 Å². The summed E-state index contributed by atoms with van der Waals surface area (Å²) in [6.07, 6.45) is 0. The smallest absolute Gasteiger partial charge is 0.265 e. The lowest BCUT2D eigenvalue weighted by Gasteiger charge is -1.81. The molecule has 0 unspecified atom stereocenters.